The van der Waals surface area contributed by atoms with Crippen molar-refractivity contribution < 1.29 is 4.79 Å². The minimum atomic E-state index is -0.127. The molecule has 2 aliphatic rings. The molecular formula is C13H24N2OS. The third-order valence-electron chi connectivity index (χ3n) is 3.87. The Bertz CT molecular complexity index is 279. The Kier molecular flexibility index (Phi) is 4.36. The molecule has 98 valence electrons. The molecule has 2 rings (SSSR count). The number of thioether (sulfide) groups is 1. The fourth-order valence-corrected chi connectivity index (χ4v) is 3.14. The molecule has 1 heterocycles. The normalized spacial score (nSPS) is 25.9. The lowest BCUT2D eigenvalue weighted by Gasteiger charge is -2.20. The zero-order valence-corrected chi connectivity index (χ0v) is 11.8. The van der Waals surface area contributed by atoms with Crippen molar-refractivity contribution in [2.45, 2.75) is 57.2 Å². The summed E-state index contributed by atoms with van der Waals surface area (Å²) in [5, 5.41) is 3.44. The van der Waals surface area contributed by atoms with Crippen molar-refractivity contribution in [2.24, 2.45) is 0 Å². The van der Waals surface area contributed by atoms with E-state index in [4.69, 9.17) is 0 Å². The van der Waals surface area contributed by atoms with Gasteiger partial charge in [0.2, 0.25) is 5.91 Å². The summed E-state index contributed by atoms with van der Waals surface area (Å²) in [6.45, 7) is 3.05. The Morgan fingerprint density at radius 2 is 2.06 bits per heavy atom. The average molecular weight is 256 g/mol. The first kappa shape index (κ1) is 13.2. The maximum absolute atomic E-state index is 12.1. The highest BCUT2D eigenvalue weighted by molar-refractivity contribution is 7.98. The number of rotatable bonds is 7. The fraction of sp³-hybridized carbons (Fsp3) is 0.923. The number of nitrogens with one attached hydrogen (secondary N) is 1. The largest absolute Gasteiger partial charge is 0.326 e. The molecule has 0 aromatic rings. The van der Waals surface area contributed by atoms with E-state index >= 15 is 0 Å². The van der Waals surface area contributed by atoms with Gasteiger partial charge in [-0.25, -0.2) is 0 Å². The molecule has 3 nitrogen and oxygen atoms in total. The number of amides is 1. The van der Waals surface area contributed by atoms with Crippen LogP contribution in [0.1, 0.15) is 45.4 Å². The maximum Gasteiger partial charge on any atom is 0.244 e. The number of carbonyl (C=O) groups excluding carboxylic acids is 1. The van der Waals surface area contributed by atoms with E-state index < -0.39 is 0 Å². The quantitative estimate of drug-likeness (QED) is 0.709. The summed E-state index contributed by atoms with van der Waals surface area (Å²) in [6, 6.07) is 0. The van der Waals surface area contributed by atoms with Gasteiger partial charge in [-0.15, -0.1) is 0 Å². The van der Waals surface area contributed by atoms with Crippen LogP contribution in [0.2, 0.25) is 0 Å². The van der Waals surface area contributed by atoms with E-state index in [9.17, 15) is 4.79 Å². The smallest absolute Gasteiger partial charge is 0.244 e. The predicted molar refractivity (Wildman–Crippen MR) is 73.1 cm³/mol. The third kappa shape index (κ3) is 2.97. The summed E-state index contributed by atoms with van der Waals surface area (Å²) in [5.41, 5.74) is -0.127. The lowest BCUT2D eigenvalue weighted by molar-refractivity contribution is -0.130. The van der Waals surface area contributed by atoms with Crippen molar-refractivity contribution in [3.8, 4) is 0 Å². The molecule has 1 spiro atoms. The van der Waals surface area contributed by atoms with Crippen LogP contribution >= 0.6 is 11.8 Å². The molecule has 1 unspecified atom stereocenters. The molecule has 0 radical (unpaired) electrons. The summed E-state index contributed by atoms with van der Waals surface area (Å²) in [6.07, 6.45) is 9.51. The molecule has 2 fully saturated rings. The topological polar surface area (TPSA) is 32.3 Å². The molecular weight excluding hydrogens is 232 g/mol. The summed E-state index contributed by atoms with van der Waals surface area (Å²) < 4.78 is 0. The van der Waals surface area contributed by atoms with Crippen LogP contribution in [0.4, 0.5) is 0 Å². The van der Waals surface area contributed by atoms with E-state index in [1.807, 2.05) is 16.7 Å². The molecule has 4 heteroatoms. The van der Waals surface area contributed by atoms with E-state index in [0.29, 0.717) is 5.91 Å². The lowest BCUT2D eigenvalue weighted by Crippen LogP contribution is -2.35. The minimum absolute atomic E-state index is 0.127. The Hall–Kier alpha value is -0.220. The Morgan fingerprint density at radius 1 is 1.35 bits per heavy atom. The number of hydrogen-bond donors (Lipinski definition) is 1. The van der Waals surface area contributed by atoms with Crippen LogP contribution in [0.25, 0.3) is 0 Å². The van der Waals surface area contributed by atoms with Crippen molar-refractivity contribution in [1.82, 2.24) is 10.2 Å². The van der Waals surface area contributed by atoms with Crippen LogP contribution in [0.3, 0.4) is 0 Å². The van der Waals surface area contributed by atoms with Gasteiger partial charge in [-0.1, -0.05) is 12.8 Å². The van der Waals surface area contributed by atoms with Gasteiger partial charge >= 0.3 is 0 Å². The molecule has 1 saturated carbocycles. The third-order valence-corrected chi connectivity index (χ3v) is 4.57. The molecule has 1 aliphatic carbocycles. The molecule has 1 aliphatic heterocycles. The Labute approximate surface area is 109 Å². The van der Waals surface area contributed by atoms with Crippen LogP contribution < -0.4 is 5.32 Å². The Morgan fingerprint density at radius 3 is 2.65 bits per heavy atom. The highest BCUT2D eigenvalue weighted by Gasteiger charge is 2.57. The monoisotopic (exact) mass is 256 g/mol. The maximum atomic E-state index is 12.1. The molecule has 0 aromatic heterocycles. The highest BCUT2D eigenvalue weighted by Crippen LogP contribution is 2.41. The van der Waals surface area contributed by atoms with Crippen LogP contribution in [0, 0.1) is 0 Å². The second-order valence-corrected chi connectivity index (χ2v) is 6.29. The summed E-state index contributed by atoms with van der Waals surface area (Å²) >= 11 is 1.92. The van der Waals surface area contributed by atoms with E-state index in [0.717, 1.165) is 25.8 Å². The predicted octanol–water partition coefficient (Wildman–Crippen LogP) is 2.22. The zero-order chi connectivity index (χ0) is 12.3. The van der Waals surface area contributed by atoms with Gasteiger partial charge in [0.1, 0.15) is 0 Å². The zero-order valence-electron chi connectivity index (χ0n) is 11.0. The number of carbonyl (C=O) groups is 1. The molecule has 1 N–H and O–H groups in total. The first-order chi connectivity index (χ1) is 8.19. The van der Waals surface area contributed by atoms with Crippen LogP contribution in [0.5, 0.6) is 0 Å². The molecule has 1 amide bonds. The van der Waals surface area contributed by atoms with Gasteiger partial charge in [0.05, 0.1) is 11.7 Å². The highest BCUT2D eigenvalue weighted by atomic mass is 32.2. The summed E-state index contributed by atoms with van der Waals surface area (Å²) in [7, 11) is 0. The summed E-state index contributed by atoms with van der Waals surface area (Å²) in [5.74, 6) is 1.62. The molecule has 0 bridgehead atoms. The Balaban J connectivity index is 1.64. The summed E-state index contributed by atoms with van der Waals surface area (Å²) in [4.78, 5) is 14.2. The van der Waals surface area contributed by atoms with E-state index in [1.165, 1.54) is 25.0 Å². The number of unbranched alkanes of at least 4 members (excludes halogenated alkanes) is 3. The standard InChI is InChI=1S/C13H24N2OS/c1-11-14-13(7-8-13)12(16)15(11)9-5-3-4-6-10-17-2/h11,14H,3-10H2,1-2H3. The van der Waals surface area contributed by atoms with Crippen LogP contribution in [0.15, 0.2) is 0 Å². The SMILES string of the molecule is CSCCCCCCN1C(=O)C2(CC2)NC1C. The van der Waals surface area contributed by atoms with Gasteiger partial charge in [-0.2, -0.15) is 11.8 Å². The van der Waals surface area contributed by atoms with Crippen molar-refractivity contribution in [2.75, 3.05) is 18.6 Å². The van der Waals surface area contributed by atoms with Crippen molar-refractivity contribution >= 4 is 17.7 Å². The van der Waals surface area contributed by atoms with E-state index in [1.54, 1.807) is 0 Å². The van der Waals surface area contributed by atoms with E-state index in [2.05, 4.69) is 18.5 Å². The fourth-order valence-electron chi connectivity index (χ4n) is 2.65. The lowest BCUT2D eigenvalue weighted by atomic mass is 10.2. The molecule has 17 heavy (non-hydrogen) atoms. The number of hydrogen-bond acceptors (Lipinski definition) is 3. The number of nitrogens with zero attached hydrogens (tertiary/aromatic N) is 1. The van der Waals surface area contributed by atoms with Gasteiger partial charge in [0, 0.05) is 6.54 Å². The van der Waals surface area contributed by atoms with Gasteiger partial charge in [0.25, 0.3) is 0 Å². The van der Waals surface area contributed by atoms with Crippen molar-refractivity contribution in [1.29, 1.82) is 0 Å². The van der Waals surface area contributed by atoms with Gasteiger partial charge in [0.15, 0.2) is 0 Å². The molecule has 1 saturated heterocycles. The van der Waals surface area contributed by atoms with E-state index in [-0.39, 0.29) is 11.7 Å². The molecule has 1 atom stereocenters. The first-order valence-corrected chi connectivity index (χ1v) is 8.17. The van der Waals surface area contributed by atoms with Crippen LogP contribution in [-0.4, -0.2) is 41.1 Å². The second-order valence-electron chi connectivity index (χ2n) is 5.31. The van der Waals surface area contributed by atoms with Crippen LogP contribution in [-0.2, 0) is 4.79 Å². The first-order valence-electron chi connectivity index (χ1n) is 6.77. The van der Waals surface area contributed by atoms with Gasteiger partial charge in [-0.3, -0.25) is 10.1 Å². The van der Waals surface area contributed by atoms with Crippen molar-refractivity contribution in [3.05, 3.63) is 0 Å². The average Bonchev–Trinajstić information content (AvgIpc) is 3.03. The second kappa shape index (κ2) is 5.61. The molecule has 0 aromatic carbocycles. The van der Waals surface area contributed by atoms with Gasteiger partial charge in [-0.05, 0) is 44.6 Å². The van der Waals surface area contributed by atoms with Crippen molar-refractivity contribution in [3.63, 3.8) is 0 Å². The minimum Gasteiger partial charge on any atom is -0.326 e. The van der Waals surface area contributed by atoms with Gasteiger partial charge < -0.3 is 4.90 Å².